The first-order chi connectivity index (χ1) is 8.49. The number of imidazole rings is 1. The van der Waals surface area contributed by atoms with Crippen LogP contribution in [0.15, 0.2) is 23.1 Å². The van der Waals surface area contributed by atoms with Crippen LogP contribution in [0.3, 0.4) is 0 Å². The average molecular weight is 249 g/mol. The van der Waals surface area contributed by atoms with Crippen molar-refractivity contribution in [3.05, 3.63) is 35.7 Å². The van der Waals surface area contributed by atoms with E-state index in [1.807, 2.05) is 23.2 Å². The number of aromatic nitrogens is 3. The van der Waals surface area contributed by atoms with E-state index in [-0.39, 0.29) is 5.41 Å². The van der Waals surface area contributed by atoms with E-state index in [1.54, 1.807) is 7.11 Å². The first kappa shape index (κ1) is 12.8. The number of ether oxygens (including phenoxy) is 1. The zero-order valence-corrected chi connectivity index (χ0v) is 11.3. The smallest absolute Gasteiger partial charge is 0.162 e. The summed E-state index contributed by atoms with van der Waals surface area (Å²) < 4.78 is 12.1. The van der Waals surface area contributed by atoms with Gasteiger partial charge in [-0.25, -0.2) is 4.98 Å². The van der Waals surface area contributed by atoms with Crippen molar-refractivity contribution >= 4 is 0 Å². The summed E-state index contributed by atoms with van der Waals surface area (Å²) in [7, 11) is 1.63. The Labute approximate surface area is 107 Å². The molecule has 0 N–H and O–H groups in total. The first-order valence-corrected chi connectivity index (χ1v) is 5.94. The van der Waals surface area contributed by atoms with E-state index in [2.05, 4.69) is 30.9 Å². The summed E-state index contributed by atoms with van der Waals surface area (Å²) in [6.45, 7) is 7.55. The molecule has 98 valence electrons. The third-order valence-electron chi connectivity index (χ3n) is 2.64. The standard InChI is InChI=1S/C13H19N3O2/c1-13(2,3)12-7-16(9-14-12)6-10-5-11(8-17-4)18-15-10/h5,7,9H,6,8H2,1-4H3. The molecule has 0 amide bonds. The molecule has 0 atom stereocenters. The Morgan fingerprint density at radius 3 is 2.78 bits per heavy atom. The fourth-order valence-electron chi connectivity index (χ4n) is 1.66. The Hall–Kier alpha value is -1.62. The predicted molar refractivity (Wildman–Crippen MR) is 67.2 cm³/mol. The van der Waals surface area contributed by atoms with E-state index < -0.39 is 0 Å². The number of hydrogen-bond acceptors (Lipinski definition) is 4. The van der Waals surface area contributed by atoms with Crippen LogP contribution in [0.1, 0.15) is 37.9 Å². The van der Waals surface area contributed by atoms with Crippen LogP contribution >= 0.6 is 0 Å². The highest BCUT2D eigenvalue weighted by molar-refractivity contribution is 5.11. The lowest BCUT2D eigenvalue weighted by Gasteiger charge is -2.14. The summed E-state index contributed by atoms with van der Waals surface area (Å²) in [5.41, 5.74) is 2.01. The van der Waals surface area contributed by atoms with Crippen LogP contribution in [0.5, 0.6) is 0 Å². The summed E-state index contributed by atoms with van der Waals surface area (Å²) in [4.78, 5) is 4.41. The van der Waals surface area contributed by atoms with Crippen molar-refractivity contribution in [1.82, 2.24) is 14.7 Å². The zero-order chi connectivity index (χ0) is 13.2. The lowest BCUT2D eigenvalue weighted by molar-refractivity contribution is 0.155. The quantitative estimate of drug-likeness (QED) is 0.834. The maximum absolute atomic E-state index is 5.14. The van der Waals surface area contributed by atoms with Crippen LogP contribution < -0.4 is 0 Å². The molecule has 0 aliphatic heterocycles. The van der Waals surface area contributed by atoms with Gasteiger partial charge >= 0.3 is 0 Å². The van der Waals surface area contributed by atoms with Crippen LogP contribution in [0, 0.1) is 0 Å². The van der Waals surface area contributed by atoms with Gasteiger partial charge in [0, 0.05) is 24.8 Å². The molecule has 18 heavy (non-hydrogen) atoms. The molecule has 2 rings (SSSR count). The number of methoxy groups -OCH3 is 1. The molecule has 0 saturated carbocycles. The lowest BCUT2D eigenvalue weighted by Crippen LogP contribution is -2.11. The molecular formula is C13H19N3O2. The van der Waals surface area contributed by atoms with Gasteiger partial charge in [0.1, 0.15) is 12.3 Å². The van der Waals surface area contributed by atoms with Crippen LogP contribution in [-0.4, -0.2) is 21.8 Å². The van der Waals surface area contributed by atoms with Crippen molar-refractivity contribution in [3.63, 3.8) is 0 Å². The molecular weight excluding hydrogens is 230 g/mol. The zero-order valence-electron chi connectivity index (χ0n) is 11.3. The van der Waals surface area contributed by atoms with Crippen molar-refractivity contribution in [2.45, 2.75) is 39.3 Å². The van der Waals surface area contributed by atoms with E-state index in [1.165, 1.54) is 0 Å². The maximum Gasteiger partial charge on any atom is 0.162 e. The largest absolute Gasteiger partial charge is 0.377 e. The predicted octanol–water partition coefficient (Wildman–Crippen LogP) is 2.36. The minimum atomic E-state index is 0.0658. The van der Waals surface area contributed by atoms with Crippen LogP contribution in [0.2, 0.25) is 0 Å². The highest BCUT2D eigenvalue weighted by Gasteiger charge is 2.16. The summed E-state index contributed by atoms with van der Waals surface area (Å²) >= 11 is 0. The topological polar surface area (TPSA) is 53.1 Å². The second-order valence-electron chi connectivity index (χ2n) is 5.40. The molecule has 2 heterocycles. The summed E-state index contributed by atoms with van der Waals surface area (Å²) in [5, 5.41) is 4.00. The fourth-order valence-corrected chi connectivity index (χ4v) is 1.66. The van der Waals surface area contributed by atoms with Gasteiger partial charge in [0.25, 0.3) is 0 Å². The van der Waals surface area contributed by atoms with Crippen molar-refractivity contribution < 1.29 is 9.26 Å². The average Bonchev–Trinajstić information content (AvgIpc) is 2.88. The van der Waals surface area contributed by atoms with Gasteiger partial charge in [-0.2, -0.15) is 0 Å². The lowest BCUT2D eigenvalue weighted by atomic mass is 9.93. The second-order valence-corrected chi connectivity index (χ2v) is 5.40. The molecule has 0 aliphatic rings. The highest BCUT2D eigenvalue weighted by atomic mass is 16.5. The van der Waals surface area contributed by atoms with Crippen LogP contribution in [0.4, 0.5) is 0 Å². The fraction of sp³-hybridized carbons (Fsp3) is 0.538. The van der Waals surface area contributed by atoms with E-state index >= 15 is 0 Å². The number of hydrogen-bond donors (Lipinski definition) is 0. The Balaban J connectivity index is 2.06. The molecule has 0 saturated heterocycles. The maximum atomic E-state index is 5.14. The van der Waals surface area contributed by atoms with Gasteiger partial charge in [-0.3, -0.25) is 0 Å². The van der Waals surface area contributed by atoms with Gasteiger partial charge in [-0.1, -0.05) is 25.9 Å². The molecule has 0 fully saturated rings. The van der Waals surface area contributed by atoms with E-state index in [9.17, 15) is 0 Å². The van der Waals surface area contributed by atoms with Gasteiger partial charge in [0.05, 0.1) is 18.6 Å². The SMILES string of the molecule is COCc1cc(Cn2cnc(C(C)(C)C)c2)no1. The van der Waals surface area contributed by atoms with Crippen LogP contribution in [-0.2, 0) is 23.3 Å². The Morgan fingerprint density at radius 1 is 1.39 bits per heavy atom. The minimum Gasteiger partial charge on any atom is -0.377 e. The van der Waals surface area contributed by atoms with Gasteiger partial charge in [-0.15, -0.1) is 0 Å². The monoisotopic (exact) mass is 249 g/mol. The first-order valence-electron chi connectivity index (χ1n) is 5.94. The molecule has 0 aromatic carbocycles. The highest BCUT2D eigenvalue weighted by Crippen LogP contribution is 2.19. The molecule has 0 bridgehead atoms. The normalized spacial score (nSPS) is 12.0. The van der Waals surface area contributed by atoms with E-state index in [0.717, 1.165) is 17.1 Å². The Morgan fingerprint density at radius 2 is 2.17 bits per heavy atom. The number of rotatable bonds is 4. The van der Waals surface area contributed by atoms with Gasteiger partial charge in [0.15, 0.2) is 5.76 Å². The molecule has 0 aliphatic carbocycles. The summed E-state index contributed by atoms with van der Waals surface area (Å²) in [6.07, 6.45) is 3.87. The minimum absolute atomic E-state index is 0.0658. The van der Waals surface area contributed by atoms with Gasteiger partial charge in [-0.05, 0) is 0 Å². The molecule has 2 aromatic heterocycles. The van der Waals surface area contributed by atoms with Crippen molar-refractivity contribution in [3.8, 4) is 0 Å². The molecule has 0 unspecified atom stereocenters. The Kier molecular flexibility index (Phi) is 3.52. The van der Waals surface area contributed by atoms with Gasteiger partial charge < -0.3 is 13.8 Å². The van der Waals surface area contributed by atoms with Crippen LogP contribution in [0.25, 0.3) is 0 Å². The molecule has 5 heteroatoms. The van der Waals surface area contributed by atoms with Crippen molar-refractivity contribution in [2.24, 2.45) is 0 Å². The second kappa shape index (κ2) is 4.94. The summed E-state index contributed by atoms with van der Waals surface area (Å²) in [5.74, 6) is 0.740. The number of nitrogens with zero attached hydrogens (tertiary/aromatic N) is 3. The third kappa shape index (κ3) is 2.98. The third-order valence-corrected chi connectivity index (χ3v) is 2.64. The Bertz CT molecular complexity index is 508. The summed E-state index contributed by atoms with van der Waals surface area (Å²) in [6, 6.07) is 1.90. The van der Waals surface area contributed by atoms with Gasteiger partial charge in [0.2, 0.25) is 0 Å². The molecule has 2 aromatic rings. The van der Waals surface area contributed by atoms with E-state index in [0.29, 0.717) is 13.2 Å². The van der Waals surface area contributed by atoms with Crippen molar-refractivity contribution in [1.29, 1.82) is 0 Å². The van der Waals surface area contributed by atoms with Crippen molar-refractivity contribution in [2.75, 3.05) is 7.11 Å². The molecule has 5 nitrogen and oxygen atoms in total. The molecule has 0 spiro atoms. The van der Waals surface area contributed by atoms with E-state index in [4.69, 9.17) is 9.26 Å². The molecule has 0 radical (unpaired) electrons.